The van der Waals surface area contributed by atoms with Crippen molar-refractivity contribution in [1.82, 2.24) is 25.0 Å². The molecule has 0 radical (unpaired) electrons. The second-order valence-corrected chi connectivity index (χ2v) is 8.10. The third-order valence-corrected chi connectivity index (χ3v) is 5.91. The second-order valence-electron chi connectivity index (χ2n) is 5.90. The summed E-state index contributed by atoms with van der Waals surface area (Å²) in [6.45, 7) is 0. The molecule has 8 nitrogen and oxygen atoms in total. The quantitative estimate of drug-likeness (QED) is 0.343. The number of anilines is 1. The summed E-state index contributed by atoms with van der Waals surface area (Å²) in [5, 5.41) is 15.4. The number of benzene rings is 1. The molecular weight excluding hydrogens is 427 g/mol. The number of aromatic nitrogens is 5. The van der Waals surface area contributed by atoms with Crippen LogP contribution in [0.15, 0.2) is 59.2 Å². The van der Waals surface area contributed by atoms with Gasteiger partial charge in [-0.2, -0.15) is 5.10 Å². The fraction of sp³-hybridized carbons (Fsp3) is 0.105. The summed E-state index contributed by atoms with van der Waals surface area (Å²) in [6.07, 6.45) is 3.29. The molecule has 0 saturated carbocycles. The molecule has 0 atom stereocenters. The van der Waals surface area contributed by atoms with Gasteiger partial charge >= 0.3 is 0 Å². The Hall–Kier alpha value is -3.31. The van der Waals surface area contributed by atoms with Gasteiger partial charge in [0.25, 0.3) is 5.91 Å². The Morgan fingerprint density at radius 2 is 2.07 bits per heavy atom. The minimum atomic E-state index is -0.481. The van der Waals surface area contributed by atoms with E-state index in [1.165, 1.54) is 47.0 Å². The number of halogens is 1. The molecule has 0 aliphatic carbocycles. The largest absolute Gasteiger partial charge is 0.493 e. The number of amides is 1. The van der Waals surface area contributed by atoms with Gasteiger partial charge in [0.1, 0.15) is 5.82 Å². The number of pyridine rings is 1. The van der Waals surface area contributed by atoms with E-state index in [-0.39, 0.29) is 17.3 Å². The van der Waals surface area contributed by atoms with Gasteiger partial charge in [-0.1, -0.05) is 29.2 Å². The summed E-state index contributed by atoms with van der Waals surface area (Å²) in [4.78, 5) is 16.9. The van der Waals surface area contributed by atoms with Gasteiger partial charge in [0.05, 0.1) is 24.7 Å². The van der Waals surface area contributed by atoms with Gasteiger partial charge in [-0.15, -0.1) is 10.2 Å². The molecule has 1 N–H and O–H groups in total. The third kappa shape index (κ3) is 4.63. The van der Waals surface area contributed by atoms with Gasteiger partial charge in [-0.3, -0.25) is 15.1 Å². The summed E-state index contributed by atoms with van der Waals surface area (Å²) < 4.78 is 20.6. The molecule has 0 unspecified atom stereocenters. The molecule has 0 bridgehead atoms. The number of carbonyl (C=O) groups is 1. The molecule has 11 heteroatoms. The average molecular weight is 443 g/mol. The fourth-order valence-corrected chi connectivity index (χ4v) is 4.15. The highest BCUT2D eigenvalue weighted by atomic mass is 32.2. The zero-order valence-electron chi connectivity index (χ0n) is 15.7. The molecular formula is C19H15FN6O2S2. The predicted molar refractivity (Wildman–Crippen MR) is 112 cm³/mol. The van der Waals surface area contributed by atoms with Crippen LogP contribution in [0.25, 0.3) is 5.69 Å². The van der Waals surface area contributed by atoms with Crippen molar-refractivity contribution in [3.8, 4) is 11.4 Å². The van der Waals surface area contributed by atoms with Gasteiger partial charge in [-0.25, -0.2) is 9.07 Å². The van der Waals surface area contributed by atoms with E-state index in [0.29, 0.717) is 20.9 Å². The van der Waals surface area contributed by atoms with Crippen LogP contribution in [0, 0.1) is 5.82 Å². The molecule has 1 amide bonds. The molecule has 0 fully saturated rings. The number of methoxy groups -OCH3 is 1. The first-order valence-electron chi connectivity index (χ1n) is 8.69. The minimum absolute atomic E-state index is 0.0831. The SMILES string of the molecule is COc1cn(-c2ccc(F)cc2)nc1C(=O)Nc1nnc(SCc2ccccn2)s1. The number of ether oxygens (including phenoxy) is 1. The van der Waals surface area contributed by atoms with Crippen LogP contribution < -0.4 is 10.1 Å². The van der Waals surface area contributed by atoms with Crippen molar-refractivity contribution in [3.63, 3.8) is 0 Å². The van der Waals surface area contributed by atoms with Gasteiger partial charge in [0, 0.05) is 11.9 Å². The lowest BCUT2D eigenvalue weighted by Crippen LogP contribution is -2.14. The molecule has 0 spiro atoms. The van der Waals surface area contributed by atoms with Crippen molar-refractivity contribution >= 4 is 34.1 Å². The van der Waals surface area contributed by atoms with E-state index in [4.69, 9.17) is 4.74 Å². The highest BCUT2D eigenvalue weighted by Gasteiger charge is 2.20. The molecule has 3 aromatic heterocycles. The lowest BCUT2D eigenvalue weighted by molar-refractivity contribution is 0.101. The number of hydrogen-bond acceptors (Lipinski definition) is 8. The number of hydrogen-bond donors (Lipinski definition) is 1. The molecule has 4 rings (SSSR count). The van der Waals surface area contributed by atoms with E-state index in [9.17, 15) is 9.18 Å². The van der Waals surface area contributed by atoms with E-state index >= 15 is 0 Å². The maximum Gasteiger partial charge on any atom is 0.281 e. The Bertz CT molecular complexity index is 1150. The fourth-order valence-electron chi connectivity index (χ4n) is 2.48. The van der Waals surface area contributed by atoms with Crippen molar-refractivity contribution in [1.29, 1.82) is 0 Å². The summed E-state index contributed by atoms with van der Waals surface area (Å²) in [7, 11) is 1.44. The summed E-state index contributed by atoms with van der Waals surface area (Å²) in [6, 6.07) is 11.5. The number of nitrogens with one attached hydrogen (secondary N) is 1. The molecule has 30 heavy (non-hydrogen) atoms. The molecule has 3 heterocycles. The monoisotopic (exact) mass is 442 g/mol. The van der Waals surface area contributed by atoms with Crippen molar-refractivity contribution in [2.75, 3.05) is 12.4 Å². The van der Waals surface area contributed by atoms with Gasteiger partial charge in [0.15, 0.2) is 15.8 Å². The zero-order valence-corrected chi connectivity index (χ0v) is 17.3. The average Bonchev–Trinajstić information content (AvgIpc) is 3.40. The zero-order chi connectivity index (χ0) is 20.9. The van der Waals surface area contributed by atoms with Crippen molar-refractivity contribution in [2.45, 2.75) is 10.1 Å². The van der Waals surface area contributed by atoms with Crippen LogP contribution in [-0.2, 0) is 5.75 Å². The number of nitrogens with zero attached hydrogens (tertiary/aromatic N) is 5. The highest BCUT2D eigenvalue weighted by molar-refractivity contribution is 8.00. The molecule has 152 valence electrons. The third-order valence-electron chi connectivity index (χ3n) is 3.90. The first-order valence-corrected chi connectivity index (χ1v) is 10.5. The normalized spacial score (nSPS) is 10.7. The Balaban J connectivity index is 1.45. The van der Waals surface area contributed by atoms with Crippen LogP contribution in [0.2, 0.25) is 0 Å². The van der Waals surface area contributed by atoms with E-state index in [1.54, 1.807) is 24.5 Å². The Labute approximate surface area is 179 Å². The smallest absolute Gasteiger partial charge is 0.281 e. The second kappa shape index (κ2) is 9.01. The predicted octanol–water partition coefficient (Wildman–Crippen LogP) is 3.81. The van der Waals surface area contributed by atoms with Crippen molar-refractivity contribution in [2.24, 2.45) is 0 Å². The molecule has 1 aromatic carbocycles. The Morgan fingerprint density at radius 3 is 2.80 bits per heavy atom. The number of thioether (sulfide) groups is 1. The van der Waals surface area contributed by atoms with Crippen molar-refractivity contribution < 1.29 is 13.9 Å². The summed E-state index contributed by atoms with van der Waals surface area (Å²) in [5.74, 6) is 0.0966. The van der Waals surface area contributed by atoms with E-state index in [2.05, 4.69) is 25.6 Å². The number of carbonyl (C=O) groups excluding carboxylic acids is 1. The first-order chi connectivity index (χ1) is 14.6. The first kappa shape index (κ1) is 20.0. The van der Waals surface area contributed by atoms with Crippen LogP contribution in [0.1, 0.15) is 16.2 Å². The Kier molecular flexibility index (Phi) is 6.00. The Morgan fingerprint density at radius 1 is 1.23 bits per heavy atom. The standard InChI is InChI=1S/C19H15FN6O2S2/c1-28-15-10-26(14-7-5-12(20)6-8-14)25-16(15)17(27)22-18-23-24-19(30-18)29-11-13-4-2-3-9-21-13/h2-10H,11H2,1H3,(H,22,23,27). The highest BCUT2D eigenvalue weighted by Crippen LogP contribution is 2.28. The maximum atomic E-state index is 13.1. The molecule has 4 aromatic rings. The van der Waals surface area contributed by atoms with Gasteiger partial charge in [0.2, 0.25) is 5.13 Å². The summed E-state index contributed by atoms with van der Waals surface area (Å²) >= 11 is 2.74. The van der Waals surface area contributed by atoms with Gasteiger partial charge < -0.3 is 4.74 Å². The van der Waals surface area contributed by atoms with Crippen LogP contribution in [0.3, 0.4) is 0 Å². The van der Waals surface area contributed by atoms with E-state index in [1.807, 2.05) is 18.2 Å². The lowest BCUT2D eigenvalue weighted by atomic mass is 10.3. The van der Waals surface area contributed by atoms with Crippen LogP contribution in [0.5, 0.6) is 5.75 Å². The number of rotatable bonds is 7. The van der Waals surface area contributed by atoms with Crippen molar-refractivity contribution in [3.05, 3.63) is 72.1 Å². The van der Waals surface area contributed by atoms with Crippen LogP contribution in [-0.4, -0.2) is 38.0 Å². The van der Waals surface area contributed by atoms with E-state index in [0.717, 1.165) is 5.69 Å². The molecule has 0 aliphatic rings. The topological polar surface area (TPSA) is 94.8 Å². The van der Waals surface area contributed by atoms with E-state index < -0.39 is 5.91 Å². The lowest BCUT2D eigenvalue weighted by Gasteiger charge is -2.00. The molecule has 0 aliphatic heterocycles. The maximum absolute atomic E-state index is 13.1. The van der Waals surface area contributed by atoms with Crippen LogP contribution in [0.4, 0.5) is 9.52 Å². The minimum Gasteiger partial charge on any atom is -0.493 e. The van der Waals surface area contributed by atoms with Gasteiger partial charge in [-0.05, 0) is 36.4 Å². The molecule has 0 saturated heterocycles. The van der Waals surface area contributed by atoms with Crippen LogP contribution >= 0.6 is 23.1 Å². The summed E-state index contributed by atoms with van der Waals surface area (Å²) in [5.41, 5.74) is 1.61.